The molecule has 2 N–H and O–H groups in total. The molecule has 1 unspecified atom stereocenters. The van der Waals surface area contributed by atoms with E-state index in [0.29, 0.717) is 6.61 Å². The number of methoxy groups -OCH3 is 2. The van der Waals surface area contributed by atoms with Crippen LogP contribution in [0.2, 0.25) is 0 Å². The lowest BCUT2D eigenvalue weighted by Gasteiger charge is -2.31. The Labute approximate surface area is 163 Å². The largest absolute Gasteiger partial charge is 0.497 e. The molecule has 0 aromatic heterocycles. The van der Waals surface area contributed by atoms with E-state index in [2.05, 4.69) is 4.90 Å². The van der Waals surface area contributed by atoms with Crippen molar-refractivity contribution in [1.29, 1.82) is 0 Å². The lowest BCUT2D eigenvalue weighted by atomic mass is 9.97. The van der Waals surface area contributed by atoms with Crippen LogP contribution in [0.15, 0.2) is 18.2 Å². The molecule has 1 atom stereocenters. The summed E-state index contributed by atoms with van der Waals surface area (Å²) in [5.41, 5.74) is 1.08. The van der Waals surface area contributed by atoms with E-state index in [4.69, 9.17) is 34.0 Å². The van der Waals surface area contributed by atoms with Gasteiger partial charge in [0, 0.05) is 18.7 Å². The Morgan fingerprint density at radius 2 is 1.82 bits per heavy atom. The number of aliphatic carboxylic acids is 2. The molecule has 1 saturated heterocycles. The number of carbonyl (C=O) groups excluding carboxylic acids is 1. The highest BCUT2D eigenvalue weighted by Gasteiger charge is 2.27. The van der Waals surface area contributed by atoms with Gasteiger partial charge in [0.15, 0.2) is 0 Å². The van der Waals surface area contributed by atoms with E-state index < -0.39 is 11.9 Å². The molecule has 0 saturated carbocycles. The van der Waals surface area contributed by atoms with E-state index >= 15 is 0 Å². The molecule has 28 heavy (non-hydrogen) atoms. The van der Waals surface area contributed by atoms with Gasteiger partial charge in [0.25, 0.3) is 0 Å². The lowest BCUT2D eigenvalue weighted by Crippen LogP contribution is -2.39. The van der Waals surface area contributed by atoms with Crippen LogP contribution >= 0.6 is 0 Å². The summed E-state index contributed by atoms with van der Waals surface area (Å²) in [6.45, 7) is 4.75. The Balaban J connectivity index is 0.000000568. The molecule has 1 aromatic carbocycles. The SMILES string of the molecule is CCOC(=O)C1CCCN(Cc2cc(OC)ccc2OC)C1.O=C(O)C(=O)O. The number of benzene rings is 1. The Bertz CT molecular complexity index is 664. The maximum atomic E-state index is 11.9. The van der Waals surface area contributed by atoms with Crippen LogP contribution in [0.5, 0.6) is 11.5 Å². The zero-order valence-corrected chi connectivity index (χ0v) is 16.3. The Kier molecular flexibility index (Phi) is 9.80. The number of likely N-dealkylation sites (tertiary alicyclic amines) is 1. The number of piperidine rings is 1. The van der Waals surface area contributed by atoms with Gasteiger partial charge in [-0.05, 0) is 44.5 Å². The van der Waals surface area contributed by atoms with Crippen LogP contribution in [-0.2, 0) is 25.7 Å². The van der Waals surface area contributed by atoms with Crippen LogP contribution < -0.4 is 9.47 Å². The molecule has 0 bridgehead atoms. The molecular formula is C19H27NO8. The second-order valence-electron chi connectivity index (χ2n) is 6.11. The molecule has 0 radical (unpaired) electrons. The summed E-state index contributed by atoms with van der Waals surface area (Å²) >= 11 is 0. The summed E-state index contributed by atoms with van der Waals surface area (Å²) in [7, 11) is 3.33. The minimum absolute atomic E-state index is 0.0229. The molecule has 1 fully saturated rings. The Hall–Kier alpha value is -2.81. The van der Waals surface area contributed by atoms with E-state index in [1.54, 1.807) is 14.2 Å². The zero-order valence-electron chi connectivity index (χ0n) is 16.3. The minimum atomic E-state index is -1.82. The maximum absolute atomic E-state index is 11.9. The van der Waals surface area contributed by atoms with Crippen LogP contribution in [0.25, 0.3) is 0 Å². The summed E-state index contributed by atoms with van der Waals surface area (Å²) in [5.74, 6) is -2.09. The first kappa shape index (κ1) is 23.2. The standard InChI is InChI=1S/C17H25NO4.C2H2O4/c1-4-22-17(19)13-6-5-9-18(11-13)12-14-10-15(20-2)7-8-16(14)21-3;3-1(4)2(5)6/h7-8,10,13H,4-6,9,11-12H2,1-3H3;(H,3,4)(H,5,6). The maximum Gasteiger partial charge on any atom is 0.414 e. The number of ether oxygens (including phenoxy) is 3. The van der Waals surface area contributed by atoms with Gasteiger partial charge in [-0.1, -0.05) is 0 Å². The van der Waals surface area contributed by atoms with Crippen LogP contribution in [-0.4, -0.2) is 66.9 Å². The summed E-state index contributed by atoms with van der Waals surface area (Å²) < 4.78 is 15.9. The van der Waals surface area contributed by atoms with Crippen LogP contribution in [0.4, 0.5) is 0 Å². The lowest BCUT2D eigenvalue weighted by molar-refractivity contribution is -0.159. The third kappa shape index (κ3) is 7.43. The predicted octanol–water partition coefficient (Wildman–Crippen LogP) is 1.63. The summed E-state index contributed by atoms with van der Waals surface area (Å²) in [6, 6.07) is 5.80. The van der Waals surface area contributed by atoms with E-state index in [9.17, 15) is 4.79 Å². The average molecular weight is 397 g/mol. The van der Waals surface area contributed by atoms with Crippen molar-refractivity contribution in [2.45, 2.75) is 26.3 Å². The number of esters is 1. The van der Waals surface area contributed by atoms with Gasteiger partial charge in [0.05, 0.1) is 26.7 Å². The number of hydrogen-bond donors (Lipinski definition) is 2. The number of carbonyl (C=O) groups is 3. The van der Waals surface area contributed by atoms with Gasteiger partial charge in [0.1, 0.15) is 11.5 Å². The molecule has 1 aromatic rings. The first-order valence-corrected chi connectivity index (χ1v) is 8.88. The van der Waals surface area contributed by atoms with E-state index in [1.807, 2.05) is 25.1 Å². The quantitative estimate of drug-likeness (QED) is 0.544. The van der Waals surface area contributed by atoms with E-state index in [0.717, 1.165) is 49.5 Å². The molecule has 1 aliphatic rings. The summed E-state index contributed by atoms with van der Waals surface area (Å²) in [5, 5.41) is 14.8. The van der Waals surface area contributed by atoms with Crippen LogP contribution in [0.1, 0.15) is 25.3 Å². The molecule has 9 nitrogen and oxygen atoms in total. The van der Waals surface area contributed by atoms with Gasteiger partial charge in [-0.25, -0.2) is 9.59 Å². The Morgan fingerprint density at radius 1 is 1.14 bits per heavy atom. The molecule has 156 valence electrons. The van der Waals surface area contributed by atoms with Crippen molar-refractivity contribution in [3.63, 3.8) is 0 Å². The summed E-state index contributed by atoms with van der Waals surface area (Å²) in [4.78, 5) is 32.4. The van der Waals surface area contributed by atoms with Crippen LogP contribution in [0.3, 0.4) is 0 Å². The molecule has 0 aliphatic carbocycles. The van der Waals surface area contributed by atoms with Crippen molar-refractivity contribution in [3.05, 3.63) is 23.8 Å². The van der Waals surface area contributed by atoms with Crippen molar-refractivity contribution < 1.29 is 38.8 Å². The molecular weight excluding hydrogens is 370 g/mol. The highest BCUT2D eigenvalue weighted by Crippen LogP contribution is 2.27. The van der Waals surface area contributed by atoms with Gasteiger partial charge in [-0.3, -0.25) is 9.69 Å². The number of carboxylic acid groups (broad SMARTS) is 2. The van der Waals surface area contributed by atoms with Crippen molar-refractivity contribution in [3.8, 4) is 11.5 Å². The number of carboxylic acids is 2. The van der Waals surface area contributed by atoms with Gasteiger partial charge in [-0.2, -0.15) is 0 Å². The molecule has 0 spiro atoms. The first-order valence-electron chi connectivity index (χ1n) is 8.88. The fraction of sp³-hybridized carbons (Fsp3) is 0.526. The van der Waals surface area contributed by atoms with E-state index in [-0.39, 0.29) is 11.9 Å². The second kappa shape index (κ2) is 11.8. The van der Waals surface area contributed by atoms with Gasteiger partial charge in [0.2, 0.25) is 0 Å². The fourth-order valence-corrected chi connectivity index (χ4v) is 2.90. The van der Waals surface area contributed by atoms with Crippen molar-refractivity contribution >= 4 is 17.9 Å². The number of rotatable bonds is 6. The molecule has 0 amide bonds. The number of hydrogen-bond acceptors (Lipinski definition) is 7. The predicted molar refractivity (Wildman–Crippen MR) is 99.5 cm³/mol. The van der Waals surface area contributed by atoms with Crippen molar-refractivity contribution in [2.24, 2.45) is 5.92 Å². The molecule has 2 rings (SSSR count). The normalized spacial score (nSPS) is 16.3. The average Bonchev–Trinajstić information content (AvgIpc) is 2.68. The van der Waals surface area contributed by atoms with Gasteiger partial charge >= 0.3 is 17.9 Å². The molecule has 1 heterocycles. The highest BCUT2D eigenvalue weighted by molar-refractivity contribution is 6.27. The van der Waals surface area contributed by atoms with Gasteiger partial charge < -0.3 is 24.4 Å². The highest BCUT2D eigenvalue weighted by atomic mass is 16.5. The molecule has 9 heteroatoms. The van der Waals surface area contributed by atoms with Crippen LogP contribution in [0, 0.1) is 5.92 Å². The smallest absolute Gasteiger partial charge is 0.414 e. The summed E-state index contributed by atoms with van der Waals surface area (Å²) in [6.07, 6.45) is 1.92. The second-order valence-corrected chi connectivity index (χ2v) is 6.11. The van der Waals surface area contributed by atoms with Gasteiger partial charge in [-0.15, -0.1) is 0 Å². The third-order valence-electron chi connectivity index (χ3n) is 4.19. The minimum Gasteiger partial charge on any atom is -0.497 e. The van der Waals surface area contributed by atoms with Crippen molar-refractivity contribution in [1.82, 2.24) is 4.90 Å². The third-order valence-corrected chi connectivity index (χ3v) is 4.19. The first-order chi connectivity index (χ1) is 13.3. The molecule has 1 aliphatic heterocycles. The van der Waals surface area contributed by atoms with Crippen molar-refractivity contribution in [2.75, 3.05) is 33.9 Å². The Morgan fingerprint density at radius 3 is 2.36 bits per heavy atom. The van der Waals surface area contributed by atoms with E-state index in [1.165, 1.54) is 0 Å². The zero-order chi connectivity index (χ0) is 21.1. The monoisotopic (exact) mass is 397 g/mol. The fourth-order valence-electron chi connectivity index (χ4n) is 2.90. The topological polar surface area (TPSA) is 123 Å². The number of nitrogens with zero attached hydrogens (tertiary/aromatic N) is 1.